The first kappa shape index (κ1) is 19.9. The molecule has 0 aliphatic heterocycles. The van der Waals surface area contributed by atoms with E-state index in [9.17, 15) is 4.39 Å². The lowest BCUT2D eigenvalue weighted by Gasteiger charge is -2.11. The topological polar surface area (TPSA) is 62.5 Å². The summed E-state index contributed by atoms with van der Waals surface area (Å²) in [6.45, 7) is 4.68. The Hall–Kier alpha value is -1.16. The average Bonchev–Trinajstić information content (AvgIpc) is 2.81. The molecule has 0 fully saturated rings. The van der Waals surface area contributed by atoms with E-state index in [1.807, 2.05) is 19.9 Å². The molecule has 23 heavy (non-hydrogen) atoms. The largest absolute Gasteiger partial charge is 0.444 e. The number of rotatable bonds is 4. The summed E-state index contributed by atoms with van der Waals surface area (Å²) in [5.41, 5.74) is 1.71. The highest BCUT2D eigenvalue weighted by Crippen LogP contribution is 2.16. The zero-order valence-corrected chi connectivity index (χ0v) is 17.0. The summed E-state index contributed by atoms with van der Waals surface area (Å²) in [6.07, 6.45) is 0. The molecule has 0 spiro atoms. The van der Waals surface area contributed by atoms with Crippen LogP contribution >= 0.6 is 39.9 Å². The molecule has 2 rings (SSSR count). The van der Waals surface area contributed by atoms with Gasteiger partial charge in [0.05, 0.1) is 16.7 Å². The molecule has 2 N–H and O–H groups in total. The second kappa shape index (κ2) is 9.21. The van der Waals surface area contributed by atoms with Crippen LogP contribution in [0.5, 0.6) is 0 Å². The normalized spacial score (nSPS) is 11.1. The van der Waals surface area contributed by atoms with Crippen molar-refractivity contribution in [2.45, 2.75) is 26.9 Å². The van der Waals surface area contributed by atoms with E-state index in [4.69, 9.17) is 4.42 Å². The summed E-state index contributed by atoms with van der Waals surface area (Å²) < 4.78 is 19.4. The summed E-state index contributed by atoms with van der Waals surface area (Å²) in [5.74, 6) is 1.72. The van der Waals surface area contributed by atoms with E-state index in [2.05, 4.69) is 36.5 Å². The van der Waals surface area contributed by atoms with Crippen LogP contribution in [0, 0.1) is 19.7 Å². The fourth-order valence-electron chi connectivity index (χ4n) is 1.83. The lowest BCUT2D eigenvalue weighted by atomic mass is 10.2. The van der Waals surface area contributed by atoms with E-state index in [0.717, 1.165) is 17.0 Å². The van der Waals surface area contributed by atoms with Crippen molar-refractivity contribution in [3.63, 3.8) is 0 Å². The minimum atomic E-state index is -0.284. The lowest BCUT2D eigenvalue weighted by molar-refractivity contribution is 0.463. The van der Waals surface area contributed by atoms with Crippen molar-refractivity contribution in [2.24, 2.45) is 4.99 Å². The number of nitrogens with one attached hydrogen (secondary N) is 2. The maximum absolute atomic E-state index is 13.5. The molecule has 1 heterocycles. The Morgan fingerprint density at radius 1 is 1.30 bits per heavy atom. The van der Waals surface area contributed by atoms with Crippen LogP contribution in [0.2, 0.25) is 0 Å². The molecular formula is C15H19BrFIN4O. The highest BCUT2D eigenvalue weighted by Gasteiger charge is 2.07. The molecule has 0 saturated heterocycles. The first-order chi connectivity index (χ1) is 10.5. The van der Waals surface area contributed by atoms with Gasteiger partial charge in [-0.25, -0.2) is 9.37 Å². The van der Waals surface area contributed by atoms with Crippen LogP contribution in [-0.2, 0) is 13.1 Å². The number of nitrogens with zero attached hydrogens (tertiary/aromatic N) is 2. The van der Waals surface area contributed by atoms with Crippen LogP contribution in [0.15, 0.2) is 32.1 Å². The standard InChI is InChI=1S/C15H18BrFN4O.HI/c1-9-10(2)22-14(21-9)8-20-15(18-3)19-7-11-4-5-12(16)13(17)6-11;/h4-6H,7-8H2,1-3H3,(H2,18,19,20);1H. The number of halogens is 3. The number of aryl methyl sites for hydroxylation is 2. The average molecular weight is 497 g/mol. The van der Waals surface area contributed by atoms with E-state index in [1.54, 1.807) is 13.1 Å². The van der Waals surface area contributed by atoms with E-state index in [0.29, 0.717) is 29.4 Å². The van der Waals surface area contributed by atoms with Gasteiger partial charge in [-0.3, -0.25) is 4.99 Å². The summed E-state index contributed by atoms with van der Waals surface area (Å²) in [6, 6.07) is 5.00. The molecule has 0 amide bonds. The van der Waals surface area contributed by atoms with E-state index >= 15 is 0 Å². The highest BCUT2D eigenvalue weighted by atomic mass is 127. The molecule has 0 aliphatic rings. The molecule has 0 bridgehead atoms. The van der Waals surface area contributed by atoms with Gasteiger partial charge in [0.2, 0.25) is 5.89 Å². The zero-order chi connectivity index (χ0) is 16.1. The van der Waals surface area contributed by atoms with E-state index < -0.39 is 0 Å². The Kier molecular flexibility index (Phi) is 7.97. The van der Waals surface area contributed by atoms with Crippen LogP contribution in [0.1, 0.15) is 22.9 Å². The third-order valence-corrected chi connectivity index (χ3v) is 3.79. The van der Waals surface area contributed by atoms with E-state index in [1.165, 1.54) is 6.07 Å². The maximum Gasteiger partial charge on any atom is 0.214 e. The molecule has 0 atom stereocenters. The Morgan fingerprint density at radius 3 is 2.57 bits per heavy atom. The summed E-state index contributed by atoms with van der Waals surface area (Å²) in [4.78, 5) is 8.40. The van der Waals surface area contributed by atoms with Gasteiger partial charge in [0, 0.05) is 13.6 Å². The maximum atomic E-state index is 13.5. The first-order valence-electron chi connectivity index (χ1n) is 6.81. The SMILES string of the molecule is CN=C(NCc1ccc(Br)c(F)c1)NCc1nc(C)c(C)o1.I. The van der Waals surface area contributed by atoms with Crippen molar-refractivity contribution < 1.29 is 8.81 Å². The van der Waals surface area contributed by atoms with Crippen molar-refractivity contribution in [1.82, 2.24) is 15.6 Å². The second-order valence-corrected chi connectivity index (χ2v) is 5.63. The molecule has 0 aliphatic carbocycles. The predicted molar refractivity (Wildman–Crippen MR) is 103 cm³/mol. The number of hydrogen-bond acceptors (Lipinski definition) is 3. The van der Waals surface area contributed by atoms with Gasteiger partial charge in [0.1, 0.15) is 11.6 Å². The van der Waals surface area contributed by atoms with Crippen LogP contribution in [0.4, 0.5) is 4.39 Å². The molecule has 0 unspecified atom stereocenters. The Balaban J connectivity index is 0.00000264. The van der Waals surface area contributed by atoms with Crippen molar-refractivity contribution in [3.8, 4) is 0 Å². The molecule has 126 valence electrons. The summed E-state index contributed by atoms with van der Waals surface area (Å²) in [7, 11) is 1.67. The van der Waals surface area contributed by atoms with Gasteiger partial charge in [0.25, 0.3) is 0 Å². The van der Waals surface area contributed by atoms with Crippen molar-refractivity contribution >= 4 is 45.9 Å². The lowest BCUT2D eigenvalue weighted by Crippen LogP contribution is -2.36. The van der Waals surface area contributed by atoms with Gasteiger partial charge < -0.3 is 15.1 Å². The first-order valence-corrected chi connectivity index (χ1v) is 7.60. The molecule has 8 heteroatoms. The fourth-order valence-corrected chi connectivity index (χ4v) is 2.08. The highest BCUT2D eigenvalue weighted by molar-refractivity contribution is 14.0. The molecule has 1 aromatic carbocycles. The predicted octanol–water partition coefficient (Wildman–Crippen LogP) is 3.68. The zero-order valence-electron chi connectivity index (χ0n) is 13.1. The Labute approximate surface area is 160 Å². The number of oxazole rings is 1. The van der Waals surface area contributed by atoms with Crippen molar-refractivity contribution in [2.75, 3.05) is 7.05 Å². The smallest absolute Gasteiger partial charge is 0.214 e. The van der Waals surface area contributed by atoms with Gasteiger partial charge in [-0.2, -0.15) is 0 Å². The fraction of sp³-hybridized carbons (Fsp3) is 0.333. The Bertz CT molecular complexity index is 671. The number of guanidine groups is 1. The van der Waals surface area contributed by atoms with Gasteiger partial charge >= 0.3 is 0 Å². The number of benzene rings is 1. The third kappa shape index (κ3) is 5.76. The monoisotopic (exact) mass is 496 g/mol. The van der Waals surface area contributed by atoms with Crippen molar-refractivity contribution in [1.29, 1.82) is 0 Å². The third-order valence-electron chi connectivity index (χ3n) is 3.15. The molecule has 1 aromatic heterocycles. The molecule has 2 aromatic rings. The minimum Gasteiger partial charge on any atom is -0.444 e. The summed E-state index contributed by atoms with van der Waals surface area (Å²) in [5, 5.41) is 6.21. The molecule has 0 saturated carbocycles. The minimum absolute atomic E-state index is 0. The summed E-state index contributed by atoms with van der Waals surface area (Å²) >= 11 is 3.13. The second-order valence-electron chi connectivity index (χ2n) is 4.78. The van der Waals surface area contributed by atoms with Gasteiger partial charge in [0.15, 0.2) is 5.96 Å². The van der Waals surface area contributed by atoms with Crippen LogP contribution in [0.3, 0.4) is 0 Å². The number of aliphatic imine (C=N–C) groups is 1. The molecule has 0 radical (unpaired) electrons. The number of aromatic nitrogens is 1. The quantitative estimate of drug-likeness (QED) is 0.385. The van der Waals surface area contributed by atoms with Crippen LogP contribution < -0.4 is 10.6 Å². The van der Waals surface area contributed by atoms with Gasteiger partial charge in [-0.05, 0) is 47.5 Å². The molecular weight excluding hydrogens is 478 g/mol. The van der Waals surface area contributed by atoms with Crippen LogP contribution in [-0.4, -0.2) is 18.0 Å². The molecule has 5 nitrogen and oxygen atoms in total. The number of hydrogen-bond donors (Lipinski definition) is 2. The van der Waals surface area contributed by atoms with Gasteiger partial charge in [-0.1, -0.05) is 6.07 Å². The van der Waals surface area contributed by atoms with Gasteiger partial charge in [-0.15, -0.1) is 24.0 Å². The van der Waals surface area contributed by atoms with E-state index in [-0.39, 0.29) is 29.8 Å². The Morgan fingerprint density at radius 2 is 2.00 bits per heavy atom. The van der Waals surface area contributed by atoms with Crippen LogP contribution in [0.25, 0.3) is 0 Å². The van der Waals surface area contributed by atoms with Crippen molar-refractivity contribution in [3.05, 3.63) is 51.4 Å².